The molecule has 2 aromatic heterocycles. The van der Waals surface area contributed by atoms with Crippen molar-refractivity contribution in [2.24, 2.45) is 0 Å². The summed E-state index contributed by atoms with van der Waals surface area (Å²) in [5, 5.41) is 15.1. The van der Waals surface area contributed by atoms with Gasteiger partial charge in [0.15, 0.2) is 5.16 Å². The average molecular weight is 493 g/mol. The van der Waals surface area contributed by atoms with E-state index in [0.29, 0.717) is 21.1 Å². The highest BCUT2D eigenvalue weighted by molar-refractivity contribution is 7.99. The molecular weight excluding hydrogens is 472 g/mol. The van der Waals surface area contributed by atoms with Gasteiger partial charge < -0.3 is 5.32 Å². The Morgan fingerprint density at radius 1 is 1.24 bits per heavy atom. The van der Waals surface area contributed by atoms with E-state index < -0.39 is 10.8 Å². The van der Waals surface area contributed by atoms with Crippen LogP contribution in [0.3, 0.4) is 0 Å². The van der Waals surface area contributed by atoms with Crippen LogP contribution in [0.4, 0.5) is 11.4 Å². The molecule has 172 valence electrons. The number of thioether (sulfide) groups is 1. The second-order valence-corrected chi connectivity index (χ2v) is 10.0. The SMILES string of the molecule is Cc1ccc(NC(=O)CSc2nc3sc4c(c3c(=O)n2-c2ccccc2)CCC4)c([N+](=O)[O-])c1. The number of aromatic nitrogens is 2. The van der Waals surface area contributed by atoms with E-state index in [1.54, 1.807) is 28.9 Å². The van der Waals surface area contributed by atoms with Crippen molar-refractivity contribution in [3.8, 4) is 5.69 Å². The van der Waals surface area contributed by atoms with E-state index in [1.807, 2.05) is 30.3 Å². The van der Waals surface area contributed by atoms with Gasteiger partial charge in [-0.3, -0.25) is 24.3 Å². The van der Waals surface area contributed by atoms with E-state index in [2.05, 4.69) is 5.32 Å². The molecule has 34 heavy (non-hydrogen) atoms. The van der Waals surface area contributed by atoms with Crippen LogP contribution in [-0.2, 0) is 17.6 Å². The molecule has 2 heterocycles. The number of rotatable bonds is 6. The molecule has 4 aromatic rings. The van der Waals surface area contributed by atoms with Crippen LogP contribution in [0.5, 0.6) is 0 Å². The largest absolute Gasteiger partial charge is 0.320 e. The van der Waals surface area contributed by atoms with E-state index >= 15 is 0 Å². The number of hydrogen-bond acceptors (Lipinski definition) is 7. The number of fused-ring (bicyclic) bond motifs is 3. The van der Waals surface area contributed by atoms with Crippen LogP contribution in [0.15, 0.2) is 58.5 Å². The quantitative estimate of drug-likeness (QED) is 0.178. The van der Waals surface area contributed by atoms with Crippen molar-refractivity contribution in [2.75, 3.05) is 11.1 Å². The number of carbonyl (C=O) groups is 1. The first-order chi connectivity index (χ1) is 16.4. The van der Waals surface area contributed by atoms with Crippen molar-refractivity contribution in [1.82, 2.24) is 9.55 Å². The van der Waals surface area contributed by atoms with E-state index in [9.17, 15) is 19.7 Å². The van der Waals surface area contributed by atoms with Crippen LogP contribution in [0, 0.1) is 17.0 Å². The molecular formula is C24H20N4O4S2. The highest BCUT2D eigenvalue weighted by atomic mass is 32.2. The third-order valence-corrected chi connectivity index (χ3v) is 7.80. The normalized spacial score (nSPS) is 12.6. The smallest absolute Gasteiger partial charge is 0.293 e. The standard InChI is InChI=1S/C24H20N4O4S2/c1-14-10-11-17(18(12-14)28(31)32)25-20(29)13-33-24-26-22-21(16-8-5-9-19(16)34-22)23(30)27(24)15-6-3-2-4-7-15/h2-4,6-7,10-12H,5,8-9,13H2,1H3,(H,25,29). The molecule has 0 fully saturated rings. The van der Waals surface area contributed by atoms with Gasteiger partial charge >= 0.3 is 0 Å². The van der Waals surface area contributed by atoms with Crippen molar-refractivity contribution >= 4 is 50.6 Å². The van der Waals surface area contributed by atoms with Crippen LogP contribution in [-0.4, -0.2) is 26.1 Å². The zero-order valence-electron chi connectivity index (χ0n) is 18.2. The molecule has 0 bridgehead atoms. The summed E-state index contributed by atoms with van der Waals surface area (Å²) in [4.78, 5) is 43.8. The van der Waals surface area contributed by atoms with Crippen molar-refractivity contribution in [3.05, 3.63) is 85.0 Å². The van der Waals surface area contributed by atoms with E-state index in [0.717, 1.165) is 42.2 Å². The van der Waals surface area contributed by atoms with Crippen LogP contribution in [0.2, 0.25) is 0 Å². The number of amides is 1. The highest BCUT2D eigenvalue weighted by Gasteiger charge is 2.24. The maximum absolute atomic E-state index is 13.6. The lowest BCUT2D eigenvalue weighted by Crippen LogP contribution is -2.23. The van der Waals surface area contributed by atoms with Crippen LogP contribution < -0.4 is 10.9 Å². The number of thiophene rings is 1. The number of hydrogen-bond donors (Lipinski definition) is 1. The molecule has 0 atom stereocenters. The van der Waals surface area contributed by atoms with Crippen molar-refractivity contribution < 1.29 is 9.72 Å². The molecule has 0 radical (unpaired) electrons. The topological polar surface area (TPSA) is 107 Å². The second kappa shape index (κ2) is 9.03. The summed E-state index contributed by atoms with van der Waals surface area (Å²) >= 11 is 2.68. The average Bonchev–Trinajstić information content (AvgIpc) is 3.40. The lowest BCUT2D eigenvalue weighted by atomic mass is 10.2. The molecule has 8 nitrogen and oxygen atoms in total. The Labute approximate surface area is 202 Å². The lowest BCUT2D eigenvalue weighted by molar-refractivity contribution is -0.384. The summed E-state index contributed by atoms with van der Waals surface area (Å²) in [5.74, 6) is -0.472. The number of para-hydroxylation sites is 1. The van der Waals surface area contributed by atoms with Gasteiger partial charge in [-0.2, -0.15) is 0 Å². The maximum Gasteiger partial charge on any atom is 0.293 e. The van der Waals surface area contributed by atoms with Crippen molar-refractivity contribution in [2.45, 2.75) is 31.3 Å². The van der Waals surface area contributed by atoms with Crippen LogP contribution in [0.25, 0.3) is 15.9 Å². The fraction of sp³-hybridized carbons (Fsp3) is 0.208. The van der Waals surface area contributed by atoms with Gasteiger partial charge in [0.1, 0.15) is 10.5 Å². The van der Waals surface area contributed by atoms with E-state index in [-0.39, 0.29) is 22.7 Å². The Morgan fingerprint density at radius 3 is 2.79 bits per heavy atom. The molecule has 1 aliphatic rings. The molecule has 1 amide bonds. The Hall–Kier alpha value is -3.50. The number of nitrogens with zero attached hydrogens (tertiary/aromatic N) is 3. The molecule has 0 saturated carbocycles. The number of nitrogens with one attached hydrogen (secondary N) is 1. The first-order valence-electron chi connectivity index (χ1n) is 10.7. The second-order valence-electron chi connectivity index (χ2n) is 8.02. The molecule has 0 spiro atoms. The lowest BCUT2D eigenvalue weighted by Gasteiger charge is -2.12. The summed E-state index contributed by atoms with van der Waals surface area (Å²) in [6.45, 7) is 1.75. The molecule has 1 N–H and O–H groups in total. The molecule has 5 rings (SSSR count). The molecule has 2 aromatic carbocycles. The van der Waals surface area contributed by atoms with Gasteiger partial charge in [0.05, 0.1) is 21.7 Å². The Morgan fingerprint density at radius 2 is 2.03 bits per heavy atom. The predicted molar refractivity (Wildman–Crippen MR) is 134 cm³/mol. The van der Waals surface area contributed by atoms with Gasteiger partial charge in [-0.1, -0.05) is 36.0 Å². The van der Waals surface area contributed by atoms with Gasteiger partial charge in [0.25, 0.3) is 11.2 Å². The Balaban J connectivity index is 1.48. The maximum atomic E-state index is 13.6. The zero-order valence-corrected chi connectivity index (χ0v) is 19.9. The molecule has 10 heteroatoms. The first kappa shape index (κ1) is 22.3. The first-order valence-corrected chi connectivity index (χ1v) is 12.5. The van der Waals surface area contributed by atoms with Gasteiger partial charge in [-0.25, -0.2) is 4.98 Å². The molecule has 0 unspecified atom stereocenters. The third kappa shape index (κ3) is 4.10. The van der Waals surface area contributed by atoms with Gasteiger partial charge in [0, 0.05) is 10.9 Å². The molecule has 0 aliphatic heterocycles. The summed E-state index contributed by atoms with van der Waals surface area (Å²) in [6.07, 6.45) is 2.89. The predicted octanol–water partition coefficient (Wildman–Crippen LogP) is 4.88. The number of anilines is 1. The Bertz CT molecular complexity index is 1490. The minimum atomic E-state index is -0.520. The molecule has 1 aliphatic carbocycles. The van der Waals surface area contributed by atoms with Gasteiger partial charge in [-0.15, -0.1) is 11.3 Å². The van der Waals surface area contributed by atoms with Gasteiger partial charge in [0.2, 0.25) is 5.91 Å². The molecule has 0 saturated heterocycles. The summed E-state index contributed by atoms with van der Waals surface area (Å²) < 4.78 is 1.56. The van der Waals surface area contributed by atoms with Crippen LogP contribution >= 0.6 is 23.1 Å². The third-order valence-electron chi connectivity index (χ3n) is 5.68. The van der Waals surface area contributed by atoms with Crippen molar-refractivity contribution in [3.63, 3.8) is 0 Å². The van der Waals surface area contributed by atoms with Crippen molar-refractivity contribution in [1.29, 1.82) is 0 Å². The summed E-state index contributed by atoms with van der Waals surface area (Å²) in [7, 11) is 0. The van der Waals surface area contributed by atoms with Gasteiger partial charge in [-0.05, 0) is 55.5 Å². The Kier molecular flexibility index (Phi) is 5.93. The number of nitro benzene ring substituents is 1. The minimum absolute atomic E-state index is 0.0547. The number of aryl methyl sites for hydroxylation is 3. The summed E-state index contributed by atoms with van der Waals surface area (Å²) in [5.41, 5.74) is 2.35. The highest BCUT2D eigenvalue weighted by Crippen LogP contribution is 2.36. The van der Waals surface area contributed by atoms with E-state index in [1.165, 1.54) is 17.0 Å². The minimum Gasteiger partial charge on any atom is -0.320 e. The number of nitro groups is 1. The fourth-order valence-electron chi connectivity index (χ4n) is 4.14. The zero-order chi connectivity index (χ0) is 23.8. The summed E-state index contributed by atoms with van der Waals surface area (Å²) in [6, 6.07) is 13.9. The monoisotopic (exact) mass is 492 g/mol. The number of carbonyl (C=O) groups excluding carboxylic acids is 1. The van der Waals surface area contributed by atoms with E-state index in [4.69, 9.17) is 4.98 Å². The van der Waals surface area contributed by atoms with Crippen LogP contribution in [0.1, 0.15) is 22.4 Å². The number of benzene rings is 2. The fourth-order valence-corrected chi connectivity index (χ4v) is 6.26.